The summed E-state index contributed by atoms with van der Waals surface area (Å²) >= 11 is 0. The van der Waals surface area contributed by atoms with E-state index in [0.29, 0.717) is 0 Å². The van der Waals surface area contributed by atoms with Crippen molar-refractivity contribution in [2.75, 3.05) is 0 Å². The Labute approximate surface area is 49.5 Å². The van der Waals surface area contributed by atoms with Gasteiger partial charge in [0.05, 0.1) is 0 Å². The van der Waals surface area contributed by atoms with Gasteiger partial charge in [0.25, 0.3) is 0 Å². The van der Waals surface area contributed by atoms with Crippen molar-refractivity contribution in [2.45, 2.75) is 26.6 Å². The smallest absolute Gasteiger partial charge is 0.144 e. The van der Waals surface area contributed by atoms with E-state index in [-0.39, 0.29) is 0 Å². The van der Waals surface area contributed by atoms with Crippen molar-refractivity contribution in [3.8, 4) is 0 Å². The van der Waals surface area contributed by atoms with E-state index in [9.17, 15) is 0 Å². The fourth-order valence-corrected chi connectivity index (χ4v) is 0.762. The van der Waals surface area contributed by atoms with Gasteiger partial charge in [-0.1, -0.05) is 26.6 Å². The van der Waals surface area contributed by atoms with E-state index in [0.717, 1.165) is 5.92 Å². The van der Waals surface area contributed by atoms with E-state index in [2.05, 4.69) is 23.0 Å². The molecule has 0 aromatic carbocycles. The van der Waals surface area contributed by atoms with Crippen molar-refractivity contribution >= 4 is 16.1 Å². The zero-order valence-corrected chi connectivity index (χ0v) is 6.43. The van der Waals surface area contributed by atoms with Gasteiger partial charge in [0.2, 0.25) is 0 Å². The molecular formula is C5H14BP. The molecule has 7 heavy (non-hydrogen) atoms. The maximum Gasteiger partial charge on any atom is 0.144 e. The summed E-state index contributed by atoms with van der Waals surface area (Å²) in [6.07, 6.45) is 2.74. The van der Waals surface area contributed by atoms with Gasteiger partial charge in [-0.25, -0.2) is 0 Å². The Morgan fingerprint density at radius 2 is 2.14 bits per heavy atom. The third-order valence-electron chi connectivity index (χ3n) is 0.986. The van der Waals surface area contributed by atoms with Crippen LogP contribution in [0.2, 0.25) is 6.32 Å². The molecule has 0 heterocycles. The predicted octanol–water partition coefficient (Wildman–Crippen LogP) is 1.68. The fraction of sp³-hybridized carbons (Fsp3) is 1.00. The van der Waals surface area contributed by atoms with Gasteiger partial charge < -0.3 is 0 Å². The molecule has 0 radical (unpaired) electrons. The fourth-order valence-electron chi connectivity index (χ4n) is 0.526. The Balaban J connectivity index is 2.68. The van der Waals surface area contributed by atoms with E-state index >= 15 is 0 Å². The summed E-state index contributed by atoms with van der Waals surface area (Å²) in [7, 11) is 2.74. The highest BCUT2D eigenvalue weighted by molar-refractivity contribution is 7.55. The van der Waals surface area contributed by atoms with Crippen LogP contribution in [0.25, 0.3) is 0 Å². The molecule has 0 aromatic heterocycles. The monoisotopic (exact) mass is 116 g/mol. The molecule has 0 spiro atoms. The van der Waals surface area contributed by atoms with Crippen molar-refractivity contribution in [3.05, 3.63) is 0 Å². The van der Waals surface area contributed by atoms with Crippen LogP contribution >= 0.6 is 9.12 Å². The van der Waals surface area contributed by atoms with Gasteiger partial charge >= 0.3 is 0 Å². The van der Waals surface area contributed by atoms with Crippen molar-refractivity contribution in [2.24, 2.45) is 5.92 Å². The van der Waals surface area contributed by atoms with Crippen LogP contribution in [0.5, 0.6) is 0 Å². The molecule has 0 bridgehead atoms. The van der Waals surface area contributed by atoms with Crippen LogP contribution in [0, 0.1) is 5.92 Å². The molecule has 1 unspecified atom stereocenters. The number of hydrogen-bond donors (Lipinski definition) is 0. The molecule has 0 aliphatic rings. The highest BCUT2D eigenvalue weighted by Gasteiger charge is 1.89. The normalized spacial score (nSPS) is 9.71. The lowest BCUT2D eigenvalue weighted by atomic mass is 9.94. The van der Waals surface area contributed by atoms with Crippen LogP contribution in [-0.2, 0) is 0 Å². The molecule has 0 saturated heterocycles. The molecule has 1 atom stereocenters. The number of rotatable bonds is 3. The first-order valence-corrected chi connectivity index (χ1v) is 3.79. The zero-order chi connectivity index (χ0) is 5.70. The largest absolute Gasteiger partial charge is 0.175 e. The third-order valence-corrected chi connectivity index (χ3v) is 1.39. The Morgan fingerprint density at radius 3 is 2.29 bits per heavy atom. The zero-order valence-electron chi connectivity index (χ0n) is 5.28. The molecule has 0 rings (SSSR count). The first kappa shape index (κ1) is 7.49. The quantitative estimate of drug-likeness (QED) is 0.388. The maximum absolute atomic E-state index is 2.74. The molecule has 0 nitrogen and oxygen atoms in total. The summed E-state index contributed by atoms with van der Waals surface area (Å²) in [5, 5.41) is 0. The topological polar surface area (TPSA) is 0 Å². The summed E-state index contributed by atoms with van der Waals surface area (Å²) in [6, 6.07) is 0. The molecule has 0 saturated carbocycles. The molecular weight excluding hydrogens is 102 g/mol. The number of hydrogen-bond acceptors (Lipinski definition) is 0. The second-order valence-corrected chi connectivity index (χ2v) is 2.90. The van der Waals surface area contributed by atoms with Crippen LogP contribution in [0.4, 0.5) is 0 Å². The van der Waals surface area contributed by atoms with Crippen molar-refractivity contribution in [1.29, 1.82) is 0 Å². The van der Waals surface area contributed by atoms with Crippen LogP contribution < -0.4 is 0 Å². The van der Waals surface area contributed by atoms with Gasteiger partial charge in [0.1, 0.15) is 7.00 Å². The van der Waals surface area contributed by atoms with Crippen LogP contribution in [0.1, 0.15) is 20.3 Å². The molecule has 0 aliphatic heterocycles. The molecule has 0 aliphatic carbocycles. The minimum atomic E-state index is 0.889. The maximum atomic E-state index is 2.74. The van der Waals surface area contributed by atoms with Crippen molar-refractivity contribution in [3.63, 3.8) is 0 Å². The van der Waals surface area contributed by atoms with Gasteiger partial charge in [-0.05, 0) is 5.92 Å². The lowest BCUT2D eigenvalue weighted by molar-refractivity contribution is 0.625. The minimum Gasteiger partial charge on any atom is -0.175 e. The average molecular weight is 116 g/mol. The Hall–Kier alpha value is 0.495. The standard InChI is InChI=1S/C5H14BP/c1-5(2)3-4-6-7/h5-6H,3-4,7H2,1-2H3. The van der Waals surface area contributed by atoms with E-state index in [4.69, 9.17) is 0 Å². The summed E-state index contributed by atoms with van der Waals surface area (Å²) < 4.78 is 0. The Bertz CT molecular complexity index is 37.1. The van der Waals surface area contributed by atoms with Gasteiger partial charge in [-0.15, -0.1) is 0 Å². The molecule has 0 fully saturated rings. The van der Waals surface area contributed by atoms with Gasteiger partial charge in [-0.3, -0.25) is 0 Å². The SMILES string of the molecule is CC(C)CCBP. The van der Waals surface area contributed by atoms with E-state index in [1.165, 1.54) is 19.7 Å². The summed E-state index contributed by atoms with van der Waals surface area (Å²) in [4.78, 5) is 0. The van der Waals surface area contributed by atoms with E-state index < -0.39 is 0 Å². The van der Waals surface area contributed by atoms with Gasteiger partial charge in [0, 0.05) is 0 Å². The van der Waals surface area contributed by atoms with Crippen molar-refractivity contribution < 1.29 is 0 Å². The highest BCUT2D eigenvalue weighted by atomic mass is 31.0. The second-order valence-electron chi connectivity index (χ2n) is 2.32. The Morgan fingerprint density at radius 1 is 1.57 bits per heavy atom. The molecule has 0 N–H and O–H groups in total. The third kappa shape index (κ3) is 6.49. The highest BCUT2D eigenvalue weighted by Crippen LogP contribution is 2.03. The first-order chi connectivity index (χ1) is 3.27. The average Bonchev–Trinajstić information content (AvgIpc) is 1.61. The van der Waals surface area contributed by atoms with Crippen LogP contribution in [0.3, 0.4) is 0 Å². The van der Waals surface area contributed by atoms with E-state index in [1.54, 1.807) is 0 Å². The summed E-state index contributed by atoms with van der Waals surface area (Å²) in [5.74, 6) is 0.889. The molecule has 42 valence electrons. The summed E-state index contributed by atoms with van der Waals surface area (Å²) in [6.45, 7) is 5.79. The van der Waals surface area contributed by atoms with E-state index in [1.807, 2.05) is 0 Å². The minimum absolute atomic E-state index is 0.889. The van der Waals surface area contributed by atoms with Gasteiger partial charge in [-0.2, -0.15) is 9.12 Å². The lowest BCUT2D eigenvalue weighted by Gasteiger charge is -1.98. The Kier molecular flexibility index (Phi) is 4.98. The molecule has 2 heteroatoms. The predicted molar refractivity (Wildman–Crippen MR) is 41.1 cm³/mol. The second kappa shape index (κ2) is 4.65. The molecule has 0 aromatic rings. The van der Waals surface area contributed by atoms with Gasteiger partial charge in [0.15, 0.2) is 0 Å². The van der Waals surface area contributed by atoms with Crippen LogP contribution in [-0.4, -0.2) is 7.00 Å². The van der Waals surface area contributed by atoms with Crippen LogP contribution in [0.15, 0.2) is 0 Å². The summed E-state index contributed by atoms with van der Waals surface area (Å²) in [5.41, 5.74) is 0. The van der Waals surface area contributed by atoms with Crippen molar-refractivity contribution in [1.82, 2.24) is 0 Å². The lowest BCUT2D eigenvalue weighted by Crippen LogP contribution is -1.86. The molecule has 0 amide bonds. The first-order valence-electron chi connectivity index (χ1n) is 2.97.